The third-order valence-electron chi connectivity index (χ3n) is 4.17. The second-order valence-corrected chi connectivity index (χ2v) is 6.01. The van der Waals surface area contributed by atoms with Crippen LogP contribution in [0.5, 0.6) is 0 Å². The Balaban J connectivity index is 1.79. The molecule has 0 aliphatic carbocycles. The van der Waals surface area contributed by atoms with Crippen LogP contribution in [0.1, 0.15) is 11.3 Å². The van der Waals surface area contributed by atoms with Crippen molar-refractivity contribution in [3.05, 3.63) is 109 Å². The van der Waals surface area contributed by atoms with Gasteiger partial charge in [0.25, 0.3) is 0 Å². The summed E-state index contributed by atoms with van der Waals surface area (Å²) in [7, 11) is 0. The smallest absolute Gasteiger partial charge is 0.0715 e. The van der Waals surface area contributed by atoms with Gasteiger partial charge in [-0.2, -0.15) is 0 Å². The van der Waals surface area contributed by atoms with E-state index in [1.54, 1.807) is 12.4 Å². The molecule has 0 N–H and O–H groups in total. The maximum Gasteiger partial charge on any atom is 0.0715 e. The maximum absolute atomic E-state index is 4.84. The van der Waals surface area contributed by atoms with Crippen molar-refractivity contribution in [2.24, 2.45) is 0 Å². The summed E-state index contributed by atoms with van der Waals surface area (Å²) in [6.07, 6.45) is 7.70. The molecule has 26 heavy (non-hydrogen) atoms. The lowest BCUT2D eigenvalue weighted by Crippen LogP contribution is -1.90. The minimum absolute atomic E-state index is 0.932. The Labute approximate surface area is 153 Å². The lowest BCUT2D eigenvalue weighted by Gasteiger charge is -2.08. The van der Waals surface area contributed by atoms with Crippen LogP contribution in [0.2, 0.25) is 0 Å². The Bertz CT molecular complexity index is 950. The van der Waals surface area contributed by atoms with Gasteiger partial charge in [-0.05, 0) is 47.0 Å². The zero-order chi connectivity index (χ0) is 17.6. The molecular formula is C24H18N2. The van der Waals surface area contributed by atoms with Crippen molar-refractivity contribution in [2.75, 3.05) is 0 Å². The molecule has 0 aliphatic heterocycles. The number of benzene rings is 2. The van der Waals surface area contributed by atoms with E-state index in [4.69, 9.17) is 4.98 Å². The van der Waals surface area contributed by atoms with Crippen LogP contribution in [0.25, 0.3) is 34.5 Å². The molecule has 2 nitrogen and oxygen atoms in total. The summed E-state index contributed by atoms with van der Waals surface area (Å²) >= 11 is 0. The van der Waals surface area contributed by atoms with Crippen molar-refractivity contribution < 1.29 is 0 Å². The summed E-state index contributed by atoms with van der Waals surface area (Å²) in [5, 5.41) is 0. The lowest BCUT2D eigenvalue weighted by molar-refractivity contribution is 1.29. The highest BCUT2D eigenvalue weighted by Gasteiger charge is 2.05. The molecule has 0 atom stereocenters. The van der Waals surface area contributed by atoms with Gasteiger partial charge in [-0.1, -0.05) is 66.7 Å². The molecule has 0 spiro atoms. The van der Waals surface area contributed by atoms with E-state index in [0.29, 0.717) is 0 Å². The number of rotatable bonds is 4. The first-order valence-electron chi connectivity index (χ1n) is 8.59. The zero-order valence-corrected chi connectivity index (χ0v) is 14.3. The Hall–Kier alpha value is -3.52. The van der Waals surface area contributed by atoms with Crippen LogP contribution in [-0.2, 0) is 0 Å². The molecule has 2 heterocycles. The number of hydrogen-bond donors (Lipinski definition) is 0. The van der Waals surface area contributed by atoms with Gasteiger partial charge in [0.15, 0.2) is 0 Å². The summed E-state index contributed by atoms with van der Waals surface area (Å²) in [6.45, 7) is 0. The highest BCUT2D eigenvalue weighted by Crippen LogP contribution is 2.26. The molecule has 0 aliphatic rings. The predicted octanol–water partition coefficient (Wildman–Crippen LogP) is 5.98. The molecule has 2 aromatic heterocycles. The summed E-state index contributed by atoms with van der Waals surface area (Å²) in [6, 6.07) is 28.9. The van der Waals surface area contributed by atoms with Crippen molar-refractivity contribution in [3.8, 4) is 22.4 Å². The van der Waals surface area contributed by atoms with E-state index < -0.39 is 0 Å². The number of aromatic nitrogens is 2. The molecule has 0 radical (unpaired) electrons. The van der Waals surface area contributed by atoms with Crippen LogP contribution in [-0.4, -0.2) is 9.97 Å². The summed E-state index contributed by atoms with van der Waals surface area (Å²) in [4.78, 5) is 8.90. The van der Waals surface area contributed by atoms with Crippen molar-refractivity contribution in [2.45, 2.75) is 0 Å². The molecule has 0 unspecified atom stereocenters. The van der Waals surface area contributed by atoms with E-state index in [9.17, 15) is 0 Å². The van der Waals surface area contributed by atoms with Gasteiger partial charge in [0, 0.05) is 18.0 Å². The van der Waals surface area contributed by atoms with E-state index >= 15 is 0 Å². The molecule has 0 amide bonds. The number of hydrogen-bond acceptors (Lipinski definition) is 2. The minimum Gasteiger partial charge on any atom is -0.265 e. The van der Waals surface area contributed by atoms with Crippen molar-refractivity contribution in [1.82, 2.24) is 9.97 Å². The van der Waals surface area contributed by atoms with Crippen molar-refractivity contribution in [1.29, 1.82) is 0 Å². The third-order valence-corrected chi connectivity index (χ3v) is 4.17. The first kappa shape index (κ1) is 16.0. The largest absolute Gasteiger partial charge is 0.265 e. The van der Waals surface area contributed by atoms with E-state index in [2.05, 4.69) is 59.6 Å². The van der Waals surface area contributed by atoms with Crippen LogP contribution in [0.4, 0.5) is 0 Å². The fourth-order valence-corrected chi connectivity index (χ4v) is 2.85. The standard InChI is InChI=1S/C24H18N2/c1-3-7-20(8-4-1)22-17-23(12-11-19-13-15-25-16-14-19)26-24(18-22)21-9-5-2-6-10-21/h1-18H/b12-11+. The summed E-state index contributed by atoms with van der Waals surface area (Å²) in [5.41, 5.74) is 6.47. The Morgan fingerprint density at radius 3 is 1.92 bits per heavy atom. The fourth-order valence-electron chi connectivity index (χ4n) is 2.85. The van der Waals surface area contributed by atoms with Gasteiger partial charge in [-0.15, -0.1) is 0 Å². The van der Waals surface area contributed by atoms with Gasteiger partial charge >= 0.3 is 0 Å². The number of pyridine rings is 2. The van der Waals surface area contributed by atoms with Gasteiger partial charge in [-0.3, -0.25) is 4.98 Å². The quantitative estimate of drug-likeness (QED) is 0.459. The zero-order valence-electron chi connectivity index (χ0n) is 14.3. The molecule has 2 heteroatoms. The molecule has 0 fully saturated rings. The van der Waals surface area contributed by atoms with E-state index in [-0.39, 0.29) is 0 Å². The molecule has 2 aromatic carbocycles. The Morgan fingerprint density at radius 1 is 0.577 bits per heavy atom. The molecule has 0 bridgehead atoms. The van der Waals surface area contributed by atoms with Crippen LogP contribution in [0.15, 0.2) is 97.3 Å². The average molecular weight is 334 g/mol. The molecule has 4 rings (SSSR count). The molecule has 0 saturated carbocycles. The molecule has 124 valence electrons. The van der Waals surface area contributed by atoms with E-state index in [1.807, 2.05) is 42.5 Å². The molecule has 4 aromatic rings. The van der Waals surface area contributed by atoms with Gasteiger partial charge in [0.1, 0.15) is 0 Å². The fraction of sp³-hybridized carbons (Fsp3) is 0. The van der Waals surface area contributed by atoms with Crippen LogP contribution < -0.4 is 0 Å². The van der Waals surface area contributed by atoms with Gasteiger partial charge < -0.3 is 0 Å². The van der Waals surface area contributed by atoms with Crippen LogP contribution in [0, 0.1) is 0 Å². The molecule has 0 saturated heterocycles. The number of nitrogens with zero attached hydrogens (tertiary/aromatic N) is 2. The highest BCUT2D eigenvalue weighted by atomic mass is 14.7. The van der Waals surface area contributed by atoms with Gasteiger partial charge in [0.2, 0.25) is 0 Å². The van der Waals surface area contributed by atoms with E-state index in [1.165, 1.54) is 5.56 Å². The normalized spacial score (nSPS) is 10.9. The average Bonchev–Trinajstić information content (AvgIpc) is 2.74. The van der Waals surface area contributed by atoms with Crippen molar-refractivity contribution in [3.63, 3.8) is 0 Å². The minimum atomic E-state index is 0.932. The maximum atomic E-state index is 4.84. The van der Waals surface area contributed by atoms with E-state index in [0.717, 1.165) is 28.1 Å². The highest BCUT2D eigenvalue weighted by molar-refractivity contribution is 5.76. The second-order valence-electron chi connectivity index (χ2n) is 6.01. The topological polar surface area (TPSA) is 25.8 Å². The Kier molecular flexibility index (Phi) is 4.66. The van der Waals surface area contributed by atoms with Gasteiger partial charge in [-0.25, -0.2) is 4.98 Å². The first-order chi connectivity index (χ1) is 12.9. The SMILES string of the molecule is C(=C\c1cc(-c2ccccc2)cc(-c2ccccc2)n1)/c1ccncc1. The first-order valence-corrected chi connectivity index (χ1v) is 8.59. The second kappa shape index (κ2) is 7.58. The van der Waals surface area contributed by atoms with Crippen LogP contribution >= 0.6 is 0 Å². The van der Waals surface area contributed by atoms with Gasteiger partial charge in [0.05, 0.1) is 11.4 Å². The van der Waals surface area contributed by atoms with Crippen molar-refractivity contribution >= 4 is 12.2 Å². The predicted molar refractivity (Wildman–Crippen MR) is 108 cm³/mol. The Morgan fingerprint density at radius 2 is 1.23 bits per heavy atom. The monoisotopic (exact) mass is 334 g/mol. The summed E-state index contributed by atoms with van der Waals surface area (Å²) in [5.74, 6) is 0. The molecular weight excluding hydrogens is 316 g/mol. The lowest BCUT2D eigenvalue weighted by atomic mass is 10.0. The van der Waals surface area contributed by atoms with Crippen LogP contribution in [0.3, 0.4) is 0 Å². The third kappa shape index (κ3) is 3.76. The summed E-state index contributed by atoms with van der Waals surface area (Å²) < 4.78 is 0.